The number of hydrogen-bond donors (Lipinski definition) is 1. The van der Waals surface area contributed by atoms with Gasteiger partial charge >= 0.3 is 0 Å². The van der Waals surface area contributed by atoms with E-state index < -0.39 is 0 Å². The van der Waals surface area contributed by atoms with Crippen LogP contribution in [0.5, 0.6) is 0 Å². The van der Waals surface area contributed by atoms with Crippen molar-refractivity contribution in [2.75, 3.05) is 0 Å². The zero-order chi connectivity index (χ0) is 31.3. The van der Waals surface area contributed by atoms with Crippen molar-refractivity contribution in [2.24, 2.45) is 9.98 Å². The van der Waals surface area contributed by atoms with Crippen LogP contribution in [0.1, 0.15) is 22.9 Å². The average molecular weight is 632 g/mol. The van der Waals surface area contributed by atoms with Crippen LogP contribution < -0.4 is 5.32 Å². The molecule has 224 valence electrons. The summed E-state index contributed by atoms with van der Waals surface area (Å²) in [7, 11) is 0. The molecule has 1 aliphatic heterocycles. The quantitative estimate of drug-likeness (QED) is 0.211. The fourth-order valence-electron chi connectivity index (χ4n) is 7.74. The molecule has 1 atom stereocenters. The fourth-order valence-corrected chi connectivity index (χ4v) is 9.03. The van der Waals surface area contributed by atoms with Crippen LogP contribution >= 0.6 is 11.3 Å². The number of hydrogen-bond acceptors (Lipinski definition) is 5. The Morgan fingerprint density at radius 2 is 1.35 bits per heavy atom. The molecular formula is C43H25N3OS. The van der Waals surface area contributed by atoms with E-state index in [4.69, 9.17) is 14.4 Å². The summed E-state index contributed by atoms with van der Waals surface area (Å²) in [6.07, 6.45) is -0.346. The van der Waals surface area contributed by atoms with Crippen molar-refractivity contribution in [2.45, 2.75) is 6.17 Å². The molecule has 1 unspecified atom stereocenters. The van der Waals surface area contributed by atoms with Crippen LogP contribution in [-0.2, 0) is 0 Å². The molecule has 1 N–H and O–H groups in total. The number of rotatable bonds is 3. The van der Waals surface area contributed by atoms with Crippen LogP contribution in [0.25, 0.3) is 75.1 Å². The van der Waals surface area contributed by atoms with E-state index in [9.17, 15) is 0 Å². The van der Waals surface area contributed by atoms with Crippen LogP contribution in [0.15, 0.2) is 154 Å². The molecule has 1 aliphatic carbocycles. The Balaban J connectivity index is 1.10. The van der Waals surface area contributed by atoms with E-state index in [1.165, 1.54) is 53.2 Å². The summed E-state index contributed by atoms with van der Waals surface area (Å²) >= 11 is 1.87. The van der Waals surface area contributed by atoms with Gasteiger partial charge in [-0.2, -0.15) is 0 Å². The SMILES string of the molecule is c1ccc(C2=NC(c3ccc4c(c3)oc3ccccc34)NC(c3cccc4sc5c6c(ccc5c34)-c3cccc4cccc-6c34)=N2)cc1. The second-order valence-electron chi connectivity index (χ2n) is 12.5. The van der Waals surface area contributed by atoms with Crippen molar-refractivity contribution in [1.29, 1.82) is 0 Å². The first-order chi connectivity index (χ1) is 23.8. The third-order valence-electron chi connectivity index (χ3n) is 9.88. The molecule has 9 aromatic rings. The van der Waals surface area contributed by atoms with Gasteiger partial charge in [-0.1, -0.05) is 121 Å². The number of amidine groups is 2. The molecule has 0 fully saturated rings. The number of aliphatic imine (C=N–C) groups is 2. The predicted octanol–water partition coefficient (Wildman–Crippen LogP) is 11.2. The van der Waals surface area contributed by atoms with E-state index in [-0.39, 0.29) is 6.17 Å². The molecule has 7 aromatic carbocycles. The monoisotopic (exact) mass is 631 g/mol. The summed E-state index contributed by atoms with van der Waals surface area (Å²) in [5.74, 6) is 1.52. The molecule has 48 heavy (non-hydrogen) atoms. The number of nitrogens with zero attached hydrogens (tertiary/aromatic N) is 2. The number of para-hydroxylation sites is 1. The van der Waals surface area contributed by atoms with Gasteiger partial charge in [0.2, 0.25) is 0 Å². The van der Waals surface area contributed by atoms with E-state index in [1.54, 1.807) is 0 Å². The van der Waals surface area contributed by atoms with E-state index in [1.807, 2.05) is 41.7 Å². The minimum Gasteiger partial charge on any atom is -0.456 e. The molecule has 0 saturated heterocycles. The topological polar surface area (TPSA) is 49.9 Å². The molecule has 2 aliphatic rings. The van der Waals surface area contributed by atoms with Crippen LogP contribution in [0.2, 0.25) is 0 Å². The van der Waals surface area contributed by atoms with Crippen molar-refractivity contribution in [3.63, 3.8) is 0 Å². The first kappa shape index (κ1) is 26.1. The van der Waals surface area contributed by atoms with Crippen molar-refractivity contribution < 1.29 is 4.42 Å². The van der Waals surface area contributed by atoms with Crippen LogP contribution in [0.3, 0.4) is 0 Å². The highest BCUT2D eigenvalue weighted by Crippen LogP contribution is 2.53. The molecule has 2 aromatic heterocycles. The predicted molar refractivity (Wildman–Crippen MR) is 200 cm³/mol. The highest BCUT2D eigenvalue weighted by Gasteiger charge is 2.27. The maximum Gasteiger partial charge on any atom is 0.159 e. The van der Waals surface area contributed by atoms with Gasteiger partial charge in [0, 0.05) is 53.2 Å². The number of nitrogens with one attached hydrogen (secondary N) is 1. The second kappa shape index (κ2) is 9.74. The van der Waals surface area contributed by atoms with E-state index in [2.05, 4.69) is 115 Å². The highest BCUT2D eigenvalue weighted by atomic mass is 32.1. The van der Waals surface area contributed by atoms with Gasteiger partial charge in [0.25, 0.3) is 0 Å². The Morgan fingerprint density at radius 1 is 0.583 bits per heavy atom. The van der Waals surface area contributed by atoms with Crippen molar-refractivity contribution in [3.05, 3.63) is 156 Å². The van der Waals surface area contributed by atoms with E-state index in [0.717, 1.165) is 44.5 Å². The van der Waals surface area contributed by atoms with Gasteiger partial charge in [-0.25, -0.2) is 9.98 Å². The Bertz CT molecular complexity index is 2870. The molecule has 11 rings (SSSR count). The lowest BCUT2D eigenvalue weighted by atomic mass is 9.98. The number of fused-ring (bicyclic) bond motifs is 10. The molecule has 3 heterocycles. The van der Waals surface area contributed by atoms with Gasteiger partial charge in [0.1, 0.15) is 23.2 Å². The third kappa shape index (κ3) is 3.65. The van der Waals surface area contributed by atoms with Crippen LogP contribution in [0.4, 0.5) is 0 Å². The lowest BCUT2D eigenvalue weighted by Crippen LogP contribution is -2.33. The van der Waals surface area contributed by atoms with Crippen LogP contribution in [0, 0.1) is 0 Å². The van der Waals surface area contributed by atoms with Gasteiger partial charge in [0.05, 0.1) is 0 Å². The summed E-state index contributed by atoms with van der Waals surface area (Å²) < 4.78 is 8.84. The number of thiophene rings is 1. The van der Waals surface area contributed by atoms with Gasteiger partial charge in [0.15, 0.2) is 5.84 Å². The van der Waals surface area contributed by atoms with Gasteiger partial charge in [-0.3, -0.25) is 0 Å². The van der Waals surface area contributed by atoms with Gasteiger partial charge in [-0.15, -0.1) is 11.3 Å². The third-order valence-corrected chi connectivity index (χ3v) is 11.1. The smallest absolute Gasteiger partial charge is 0.159 e. The fraction of sp³-hybridized carbons (Fsp3) is 0.0233. The maximum absolute atomic E-state index is 6.28. The first-order valence-corrected chi connectivity index (χ1v) is 17.0. The highest BCUT2D eigenvalue weighted by molar-refractivity contribution is 7.26. The molecule has 0 radical (unpaired) electrons. The summed E-state index contributed by atoms with van der Waals surface area (Å²) in [5, 5.41) is 11.1. The summed E-state index contributed by atoms with van der Waals surface area (Å²) in [5.41, 5.74) is 10.1. The second-order valence-corrected chi connectivity index (χ2v) is 13.6. The zero-order valence-corrected chi connectivity index (χ0v) is 26.4. The molecule has 0 spiro atoms. The summed E-state index contributed by atoms with van der Waals surface area (Å²) in [4.78, 5) is 10.4. The van der Waals surface area contributed by atoms with Crippen LogP contribution in [-0.4, -0.2) is 11.7 Å². The standard InChI is InChI=1S/C43H25N3OS/c1-2-9-25(10-3-1)41-44-42(26-19-20-28-27-13-4-5-17-34(27)47-35(28)23-26)46-43(45-41)33-16-8-18-36-38(33)32-22-21-30-29-14-6-11-24-12-7-15-31(37(24)29)39(30)40(32)48-36/h1-23,42H,(H,44,45,46). The Hall–Kier alpha value is -6.04. The average Bonchev–Trinajstić information content (AvgIpc) is 3.82. The van der Waals surface area contributed by atoms with E-state index in [0.29, 0.717) is 5.84 Å². The number of furan rings is 1. The number of benzene rings is 7. The zero-order valence-electron chi connectivity index (χ0n) is 25.6. The van der Waals surface area contributed by atoms with Crippen molar-refractivity contribution >= 4 is 75.9 Å². The molecular weight excluding hydrogens is 607 g/mol. The Morgan fingerprint density at radius 3 is 2.27 bits per heavy atom. The molecule has 0 saturated carbocycles. The Labute approximate surface area is 279 Å². The molecule has 4 nitrogen and oxygen atoms in total. The van der Waals surface area contributed by atoms with E-state index >= 15 is 0 Å². The van der Waals surface area contributed by atoms with Gasteiger partial charge < -0.3 is 9.73 Å². The normalized spacial score (nSPS) is 15.3. The lowest BCUT2D eigenvalue weighted by Gasteiger charge is -2.24. The van der Waals surface area contributed by atoms with Crippen molar-refractivity contribution in [1.82, 2.24) is 5.32 Å². The maximum atomic E-state index is 6.28. The van der Waals surface area contributed by atoms with Gasteiger partial charge in [-0.05, 0) is 45.7 Å². The summed E-state index contributed by atoms with van der Waals surface area (Å²) in [6, 6.07) is 49.4. The minimum absolute atomic E-state index is 0.346. The molecule has 0 amide bonds. The molecule has 5 heteroatoms. The first-order valence-electron chi connectivity index (χ1n) is 16.2. The summed E-state index contributed by atoms with van der Waals surface area (Å²) in [6.45, 7) is 0. The van der Waals surface area contributed by atoms with Crippen molar-refractivity contribution in [3.8, 4) is 22.3 Å². The lowest BCUT2D eigenvalue weighted by molar-refractivity contribution is 0.655. The molecule has 0 bridgehead atoms. The largest absolute Gasteiger partial charge is 0.456 e. The Kier molecular flexibility index (Phi) is 5.29. The minimum atomic E-state index is -0.346.